The molecule has 0 aliphatic rings. The highest BCUT2D eigenvalue weighted by Gasteiger charge is 2.11. The summed E-state index contributed by atoms with van der Waals surface area (Å²) in [6.45, 7) is 4.37. The summed E-state index contributed by atoms with van der Waals surface area (Å²) in [7, 11) is -0.982. The van der Waals surface area contributed by atoms with E-state index in [1.807, 2.05) is 68.4 Å². The lowest BCUT2D eigenvalue weighted by atomic mass is 10.0. The Morgan fingerprint density at radius 1 is 1.08 bits per heavy atom. The fourth-order valence-electron chi connectivity index (χ4n) is 2.51. The largest absolute Gasteiger partial charge is 0.337 e. The van der Waals surface area contributed by atoms with E-state index in [2.05, 4.69) is 10.6 Å². The van der Waals surface area contributed by atoms with Crippen LogP contribution in [0.5, 0.6) is 0 Å². The van der Waals surface area contributed by atoms with E-state index >= 15 is 0 Å². The van der Waals surface area contributed by atoms with Crippen molar-refractivity contribution in [2.75, 3.05) is 12.3 Å². The summed E-state index contributed by atoms with van der Waals surface area (Å²) < 4.78 is 12.0. The smallest absolute Gasteiger partial charge is 0.315 e. The molecule has 0 bridgehead atoms. The average Bonchev–Trinajstić information content (AvgIpc) is 2.56. The number of carbonyl (C=O) groups is 1. The van der Waals surface area contributed by atoms with Crippen LogP contribution >= 0.6 is 0 Å². The molecule has 128 valence electrons. The topological polar surface area (TPSA) is 58.2 Å². The Bertz CT molecular complexity index is 689. The van der Waals surface area contributed by atoms with Crippen LogP contribution in [0.2, 0.25) is 0 Å². The molecule has 2 aromatic rings. The molecule has 0 spiro atoms. The van der Waals surface area contributed by atoms with Gasteiger partial charge in [0.05, 0.1) is 6.04 Å². The summed E-state index contributed by atoms with van der Waals surface area (Å²) in [6, 6.07) is 17.4. The van der Waals surface area contributed by atoms with E-state index in [1.165, 1.54) is 0 Å². The first kappa shape index (κ1) is 18.2. The summed E-state index contributed by atoms with van der Waals surface area (Å²) in [5.41, 5.74) is 3.29. The van der Waals surface area contributed by atoms with Crippen LogP contribution in [0, 0.1) is 6.92 Å². The Morgan fingerprint density at radius 3 is 2.46 bits per heavy atom. The van der Waals surface area contributed by atoms with Crippen molar-refractivity contribution in [1.82, 2.24) is 10.6 Å². The van der Waals surface area contributed by atoms with E-state index in [4.69, 9.17) is 0 Å². The highest BCUT2D eigenvalue weighted by atomic mass is 32.2. The molecular formula is C19H24N2O2S. The lowest BCUT2D eigenvalue weighted by Crippen LogP contribution is -2.39. The highest BCUT2D eigenvalue weighted by Crippen LogP contribution is 2.16. The number of amides is 2. The first-order valence-corrected chi connectivity index (χ1v) is 9.54. The first-order valence-electron chi connectivity index (χ1n) is 8.05. The van der Waals surface area contributed by atoms with Gasteiger partial charge < -0.3 is 10.6 Å². The van der Waals surface area contributed by atoms with Crippen LogP contribution < -0.4 is 10.6 Å². The third-order valence-corrected chi connectivity index (χ3v) is 5.10. The van der Waals surface area contributed by atoms with Crippen molar-refractivity contribution < 1.29 is 9.00 Å². The fourth-order valence-corrected chi connectivity index (χ4v) is 3.55. The minimum absolute atomic E-state index is 0.0685. The van der Waals surface area contributed by atoms with Gasteiger partial charge >= 0.3 is 6.03 Å². The second-order valence-electron chi connectivity index (χ2n) is 5.75. The molecular weight excluding hydrogens is 320 g/mol. The average molecular weight is 344 g/mol. The van der Waals surface area contributed by atoms with Gasteiger partial charge in [-0.15, -0.1) is 0 Å². The first-order chi connectivity index (χ1) is 11.6. The van der Waals surface area contributed by atoms with Gasteiger partial charge in [-0.2, -0.15) is 0 Å². The number of hydrogen-bond donors (Lipinski definition) is 2. The molecule has 5 heteroatoms. The van der Waals surface area contributed by atoms with Gasteiger partial charge in [-0.25, -0.2) is 4.79 Å². The number of hydrogen-bond acceptors (Lipinski definition) is 2. The van der Waals surface area contributed by atoms with Crippen molar-refractivity contribution in [3.63, 3.8) is 0 Å². The molecule has 2 aromatic carbocycles. The van der Waals surface area contributed by atoms with E-state index < -0.39 is 10.8 Å². The van der Waals surface area contributed by atoms with Gasteiger partial charge in [0.15, 0.2) is 0 Å². The van der Waals surface area contributed by atoms with Crippen LogP contribution in [0.4, 0.5) is 4.79 Å². The van der Waals surface area contributed by atoms with E-state index in [0.717, 1.165) is 16.7 Å². The maximum absolute atomic E-state index is 12.0. The second kappa shape index (κ2) is 9.23. The van der Waals surface area contributed by atoms with Gasteiger partial charge in [-0.1, -0.05) is 54.6 Å². The van der Waals surface area contributed by atoms with Crippen LogP contribution in [-0.2, 0) is 16.6 Å². The molecule has 2 N–H and O–H groups in total. The predicted molar refractivity (Wildman–Crippen MR) is 99.3 cm³/mol. The Labute approximate surface area is 146 Å². The summed E-state index contributed by atoms with van der Waals surface area (Å²) in [5, 5.41) is 5.69. The van der Waals surface area contributed by atoms with Gasteiger partial charge in [0.2, 0.25) is 0 Å². The van der Waals surface area contributed by atoms with Crippen LogP contribution in [0.25, 0.3) is 0 Å². The molecule has 0 saturated carbocycles. The number of rotatable bonds is 7. The van der Waals surface area contributed by atoms with Crippen molar-refractivity contribution in [2.45, 2.75) is 25.6 Å². The third kappa shape index (κ3) is 5.81. The normalized spacial score (nSPS) is 13.1. The van der Waals surface area contributed by atoms with Gasteiger partial charge in [0.1, 0.15) is 0 Å². The Hall–Kier alpha value is -2.14. The fraction of sp³-hybridized carbons (Fsp3) is 0.316. The van der Waals surface area contributed by atoms with Crippen molar-refractivity contribution in [3.05, 3.63) is 71.3 Å². The van der Waals surface area contributed by atoms with E-state index in [0.29, 0.717) is 18.1 Å². The van der Waals surface area contributed by atoms with Gasteiger partial charge in [-0.3, -0.25) is 4.21 Å². The monoisotopic (exact) mass is 344 g/mol. The number of carbonyl (C=O) groups excluding carboxylic acids is 1. The van der Waals surface area contributed by atoms with Crippen LogP contribution in [0.1, 0.15) is 29.7 Å². The van der Waals surface area contributed by atoms with Gasteiger partial charge in [0.25, 0.3) is 0 Å². The molecule has 24 heavy (non-hydrogen) atoms. The van der Waals surface area contributed by atoms with Crippen LogP contribution in [0.3, 0.4) is 0 Å². The standard InChI is InChI=1S/C19H24N2O2S/c1-15-8-6-7-11-18(15)16(2)21-19(22)20-12-13-24(23)14-17-9-4-3-5-10-17/h3-11,16H,12-14H2,1-2H3,(H2,20,21,22). The predicted octanol–water partition coefficient (Wildman–Crippen LogP) is 3.30. The maximum atomic E-state index is 12.0. The van der Waals surface area contributed by atoms with Crippen molar-refractivity contribution in [1.29, 1.82) is 0 Å². The molecule has 2 unspecified atom stereocenters. The van der Waals surface area contributed by atoms with Crippen molar-refractivity contribution in [3.8, 4) is 0 Å². The summed E-state index contributed by atoms with van der Waals surface area (Å²) in [6.07, 6.45) is 0. The SMILES string of the molecule is Cc1ccccc1C(C)NC(=O)NCCS(=O)Cc1ccccc1. The molecule has 0 heterocycles. The minimum atomic E-state index is -0.982. The number of urea groups is 1. The van der Waals surface area contributed by atoms with Gasteiger partial charge in [0, 0.05) is 28.9 Å². The molecule has 0 aliphatic carbocycles. The minimum Gasteiger partial charge on any atom is -0.337 e. The van der Waals surface area contributed by atoms with Crippen molar-refractivity contribution >= 4 is 16.8 Å². The molecule has 2 rings (SSSR count). The number of aryl methyl sites for hydroxylation is 1. The lowest BCUT2D eigenvalue weighted by molar-refractivity contribution is 0.238. The summed E-state index contributed by atoms with van der Waals surface area (Å²) in [4.78, 5) is 12.0. The van der Waals surface area contributed by atoms with Gasteiger partial charge in [-0.05, 0) is 30.5 Å². The lowest BCUT2D eigenvalue weighted by Gasteiger charge is -2.17. The zero-order valence-electron chi connectivity index (χ0n) is 14.1. The molecule has 2 amide bonds. The number of nitrogens with one attached hydrogen (secondary N) is 2. The Balaban J connectivity index is 1.71. The second-order valence-corrected chi connectivity index (χ2v) is 7.33. The zero-order valence-corrected chi connectivity index (χ0v) is 14.9. The zero-order chi connectivity index (χ0) is 17.4. The molecule has 0 aliphatic heterocycles. The van der Waals surface area contributed by atoms with E-state index in [-0.39, 0.29) is 12.1 Å². The molecule has 0 fully saturated rings. The molecule has 4 nitrogen and oxygen atoms in total. The Kier molecular flexibility index (Phi) is 7.00. The molecule has 2 atom stereocenters. The Morgan fingerprint density at radius 2 is 1.75 bits per heavy atom. The maximum Gasteiger partial charge on any atom is 0.315 e. The number of benzene rings is 2. The molecule has 0 saturated heterocycles. The van der Waals surface area contributed by atoms with Crippen LogP contribution in [0.15, 0.2) is 54.6 Å². The molecule has 0 radical (unpaired) electrons. The quantitative estimate of drug-likeness (QED) is 0.810. The highest BCUT2D eigenvalue weighted by molar-refractivity contribution is 7.84. The summed E-state index contributed by atoms with van der Waals surface area (Å²) >= 11 is 0. The molecule has 0 aromatic heterocycles. The van der Waals surface area contributed by atoms with E-state index in [1.54, 1.807) is 0 Å². The van der Waals surface area contributed by atoms with Crippen LogP contribution in [-0.4, -0.2) is 22.5 Å². The van der Waals surface area contributed by atoms with Crippen molar-refractivity contribution in [2.24, 2.45) is 0 Å². The van der Waals surface area contributed by atoms with E-state index in [9.17, 15) is 9.00 Å². The third-order valence-electron chi connectivity index (χ3n) is 3.79. The summed E-state index contributed by atoms with van der Waals surface area (Å²) in [5.74, 6) is 0.963.